The lowest BCUT2D eigenvalue weighted by Gasteiger charge is -2.14. The van der Waals surface area contributed by atoms with Crippen molar-refractivity contribution in [2.24, 2.45) is 0 Å². The molecule has 24 heavy (non-hydrogen) atoms. The summed E-state index contributed by atoms with van der Waals surface area (Å²) < 4.78 is 13.2. The van der Waals surface area contributed by atoms with Crippen molar-refractivity contribution in [3.63, 3.8) is 0 Å². The first-order valence-corrected chi connectivity index (χ1v) is 8.26. The van der Waals surface area contributed by atoms with Crippen molar-refractivity contribution in [1.29, 1.82) is 0 Å². The summed E-state index contributed by atoms with van der Waals surface area (Å²) in [7, 11) is 0. The Morgan fingerprint density at radius 3 is 3.12 bits per heavy atom. The maximum absolute atomic E-state index is 12.5. The van der Waals surface area contributed by atoms with Gasteiger partial charge in [0.2, 0.25) is 0 Å². The van der Waals surface area contributed by atoms with E-state index in [-0.39, 0.29) is 12.0 Å². The maximum atomic E-state index is 12.5. The fourth-order valence-corrected chi connectivity index (χ4v) is 2.67. The molecule has 3 rings (SSSR count). The van der Waals surface area contributed by atoms with Gasteiger partial charge in [0, 0.05) is 13.2 Å². The van der Waals surface area contributed by atoms with Gasteiger partial charge < -0.3 is 19.4 Å². The van der Waals surface area contributed by atoms with Gasteiger partial charge in [-0.15, -0.1) is 10.2 Å². The number of amides is 1. The third-order valence-electron chi connectivity index (χ3n) is 4.02. The topological polar surface area (TPSA) is 78.3 Å². The number of hydrogen-bond donors (Lipinski definition) is 1. The van der Waals surface area contributed by atoms with Crippen LogP contribution in [-0.4, -0.2) is 40.0 Å². The van der Waals surface area contributed by atoms with Gasteiger partial charge in [-0.25, -0.2) is 0 Å². The first-order chi connectivity index (χ1) is 11.8. The van der Waals surface area contributed by atoms with Crippen LogP contribution in [0.1, 0.15) is 35.9 Å². The molecule has 1 aliphatic rings. The highest BCUT2D eigenvalue weighted by molar-refractivity contribution is 5.96. The van der Waals surface area contributed by atoms with Crippen molar-refractivity contribution in [3.8, 4) is 5.75 Å². The largest absolute Gasteiger partial charge is 0.490 e. The minimum atomic E-state index is -0.191. The van der Waals surface area contributed by atoms with Crippen molar-refractivity contribution in [3.05, 3.63) is 42.0 Å². The van der Waals surface area contributed by atoms with Crippen LogP contribution in [0.25, 0.3) is 0 Å². The smallest absolute Gasteiger partial charge is 0.255 e. The molecular weight excluding hydrogens is 308 g/mol. The van der Waals surface area contributed by atoms with E-state index in [1.54, 1.807) is 18.5 Å². The first-order valence-electron chi connectivity index (χ1n) is 8.26. The molecule has 0 radical (unpaired) electrons. The second kappa shape index (κ2) is 7.92. The van der Waals surface area contributed by atoms with E-state index in [1.165, 1.54) is 0 Å². The number of nitrogens with one attached hydrogen (secondary N) is 1. The van der Waals surface area contributed by atoms with Crippen LogP contribution < -0.4 is 10.1 Å². The quantitative estimate of drug-likeness (QED) is 0.837. The predicted molar refractivity (Wildman–Crippen MR) is 87.8 cm³/mol. The number of carbonyl (C=O) groups excluding carboxylic acids is 1. The van der Waals surface area contributed by atoms with E-state index < -0.39 is 0 Å². The zero-order valence-corrected chi connectivity index (χ0v) is 13.8. The summed E-state index contributed by atoms with van der Waals surface area (Å²) in [6.07, 6.45) is 3.83. The van der Waals surface area contributed by atoms with Crippen molar-refractivity contribution in [2.45, 2.75) is 39.0 Å². The molecule has 0 spiro atoms. The molecule has 0 bridgehead atoms. The standard InChI is InChI=1S/C17H22N4O3/c1-2-21-12-19-20-16(21)10-18-17(22)14-7-3-4-8-15(14)24-11-13-6-5-9-23-13/h3-4,7-8,12-13H,2,5-6,9-11H2,1H3,(H,18,22). The summed E-state index contributed by atoms with van der Waals surface area (Å²) >= 11 is 0. The molecule has 7 nitrogen and oxygen atoms in total. The molecule has 1 aliphatic heterocycles. The zero-order valence-electron chi connectivity index (χ0n) is 13.8. The summed E-state index contributed by atoms with van der Waals surface area (Å²) in [6.45, 7) is 4.34. The van der Waals surface area contributed by atoms with E-state index in [4.69, 9.17) is 9.47 Å². The fourth-order valence-electron chi connectivity index (χ4n) is 2.67. The molecule has 1 aromatic carbocycles. The summed E-state index contributed by atoms with van der Waals surface area (Å²) in [4.78, 5) is 12.5. The summed E-state index contributed by atoms with van der Waals surface area (Å²) in [5.74, 6) is 1.11. The molecule has 1 atom stereocenters. The number of ether oxygens (including phenoxy) is 2. The highest BCUT2D eigenvalue weighted by Gasteiger charge is 2.18. The van der Waals surface area contributed by atoms with Crippen molar-refractivity contribution >= 4 is 5.91 Å². The molecule has 2 heterocycles. The average molecular weight is 330 g/mol. The SMILES string of the molecule is CCn1cnnc1CNC(=O)c1ccccc1OCC1CCCO1. The number of rotatable bonds is 7. The molecule has 0 aliphatic carbocycles. The number of carbonyl (C=O) groups is 1. The molecule has 1 unspecified atom stereocenters. The van der Waals surface area contributed by atoms with Crippen LogP contribution in [0.4, 0.5) is 0 Å². The fraction of sp³-hybridized carbons (Fsp3) is 0.471. The van der Waals surface area contributed by atoms with E-state index in [0.717, 1.165) is 31.8 Å². The number of aryl methyl sites for hydroxylation is 1. The Morgan fingerprint density at radius 1 is 1.46 bits per heavy atom. The molecule has 1 fully saturated rings. The molecule has 7 heteroatoms. The Morgan fingerprint density at radius 2 is 2.33 bits per heavy atom. The Labute approximate surface area is 141 Å². The Balaban J connectivity index is 1.61. The van der Waals surface area contributed by atoms with Crippen molar-refractivity contribution in [1.82, 2.24) is 20.1 Å². The van der Waals surface area contributed by atoms with Gasteiger partial charge in [0.05, 0.1) is 18.2 Å². The van der Waals surface area contributed by atoms with Crippen LogP contribution in [0.3, 0.4) is 0 Å². The van der Waals surface area contributed by atoms with Crippen LogP contribution >= 0.6 is 0 Å². The molecule has 128 valence electrons. The number of aromatic nitrogens is 3. The van der Waals surface area contributed by atoms with E-state index in [9.17, 15) is 4.79 Å². The Bertz CT molecular complexity index is 680. The lowest BCUT2D eigenvalue weighted by Crippen LogP contribution is -2.26. The Kier molecular flexibility index (Phi) is 5.43. The predicted octanol–water partition coefficient (Wildman–Crippen LogP) is 1.79. The first kappa shape index (κ1) is 16.4. The maximum Gasteiger partial charge on any atom is 0.255 e. The van der Waals surface area contributed by atoms with Crippen LogP contribution in [0, 0.1) is 0 Å². The van der Waals surface area contributed by atoms with Crippen LogP contribution in [0.5, 0.6) is 5.75 Å². The highest BCUT2D eigenvalue weighted by atomic mass is 16.5. The van der Waals surface area contributed by atoms with E-state index in [1.807, 2.05) is 23.6 Å². The van der Waals surface area contributed by atoms with Gasteiger partial charge in [0.25, 0.3) is 5.91 Å². The second-order valence-corrected chi connectivity index (χ2v) is 5.66. The van der Waals surface area contributed by atoms with Gasteiger partial charge >= 0.3 is 0 Å². The monoisotopic (exact) mass is 330 g/mol. The van der Waals surface area contributed by atoms with Crippen LogP contribution in [0.2, 0.25) is 0 Å². The third kappa shape index (κ3) is 3.91. The van der Waals surface area contributed by atoms with Gasteiger partial charge in [-0.05, 0) is 31.9 Å². The minimum Gasteiger partial charge on any atom is -0.490 e. The average Bonchev–Trinajstić information content (AvgIpc) is 3.29. The highest BCUT2D eigenvalue weighted by Crippen LogP contribution is 2.20. The molecule has 1 aromatic heterocycles. The number of para-hydroxylation sites is 1. The van der Waals surface area contributed by atoms with Crippen LogP contribution in [-0.2, 0) is 17.8 Å². The molecule has 1 saturated heterocycles. The summed E-state index contributed by atoms with van der Waals surface area (Å²) in [5, 5.41) is 10.7. The minimum absolute atomic E-state index is 0.115. The van der Waals surface area contributed by atoms with Gasteiger partial charge in [-0.2, -0.15) is 0 Å². The van der Waals surface area contributed by atoms with Gasteiger partial charge in [-0.1, -0.05) is 12.1 Å². The summed E-state index contributed by atoms with van der Waals surface area (Å²) in [6, 6.07) is 7.24. The normalized spacial score (nSPS) is 17.0. The molecule has 0 saturated carbocycles. The van der Waals surface area contributed by atoms with Gasteiger partial charge in [-0.3, -0.25) is 4.79 Å². The van der Waals surface area contributed by atoms with E-state index in [0.29, 0.717) is 24.5 Å². The van der Waals surface area contributed by atoms with Gasteiger partial charge in [0.1, 0.15) is 18.7 Å². The number of nitrogens with zero attached hydrogens (tertiary/aromatic N) is 3. The molecular formula is C17H22N4O3. The molecule has 1 amide bonds. The number of benzene rings is 1. The molecule has 1 N–H and O–H groups in total. The van der Waals surface area contributed by atoms with E-state index >= 15 is 0 Å². The lowest BCUT2D eigenvalue weighted by atomic mass is 10.2. The van der Waals surface area contributed by atoms with Gasteiger partial charge in [0.15, 0.2) is 5.82 Å². The van der Waals surface area contributed by atoms with Crippen molar-refractivity contribution < 1.29 is 14.3 Å². The zero-order chi connectivity index (χ0) is 16.8. The lowest BCUT2D eigenvalue weighted by molar-refractivity contribution is 0.0670. The third-order valence-corrected chi connectivity index (χ3v) is 4.02. The molecule has 2 aromatic rings. The second-order valence-electron chi connectivity index (χ2n) is 5.66. The van der Waals surface area contributed by atoms with E-state index in [2.05, 4.69) is 15.5 Å². The number of hydrogen-bond acceptors (Lipinski definition) is 5. The van der Waals surface area contributed by atoms with Crippen molar-refractivity contribution in [2.75, 3.05) is 13.2 Å². The summed E-state index contributed by atoms with van der Waals surface area (Å²) in [5.41, 5.74) is 0.512. The Hall–Kier alpha value is -2.41. The van der Waals surface area contributed by atoms with Crippen LogP contribution in [0.15, 0.2) is 30.6 Å².